The monoisotopic (exact) mass is 454 g/mol. The van der Waals surface area contributed by atoms with Gasteiger partial charge in [0.1, 0.15) is 11.4 Å². The normalized spacial score (nSPS) is 12.8. The molecule has 1 N–H and O–H groups in total. The van der Waals surface area contributed by atoms with E-state index in [4.69, 9.17) is 18.9 Å². The van der Waals surface area contributed by atoms with Gasteiger partial charge in [0, 0.05) is 24.7 Å². The van der Waals surface area contributed by atoms with Crippen molar-refractivity contribution in [1.29, 1.82) is 0 Å². The van der Waals surface area contributed by atoms with Crippen molar-refractivity contribution in [3.8, 4) is 17.2 Å². The summed E-state index contributed by atoms with van der Waals surface area (Å²) in [5, 5.41) is 2.75. The summed E-state index contributed by atoms with van der Waals surface area (Å²) < 4.78 is 22.9. The third-order valence-electron chi connectivity index (χ3n) is 4.83. The Morgan fingerprint density at radius 1 is 1.00 bits per heavy atom. The number of rotatable bonds is 6. The molecular formula is C25H30N2O6. The molecule has 2 aromatic carbocycles. The Bertz CT molecular complexity index is 1070. The van der Waals surface area contributed by atoms with Crippen molar-refractivity contribution in [2.45, 2.75) is 40.2 Å². The summed E-state index contributed by atoms with van der Waals surface area (Å²) in [7, 11) is 1.55. The summed E-state index contributed by atoms with van der Waals surface area (Å²) in [6, 6.07) is 12.1. The van der Waals surface area contributed by atoms with Crippen LogP contribution in [0.5, 0.6) is 17.2 Å². The molecule has 8 nitrogen and oxygen atoms in total. The molecule has 0 atom stereocenters. The van der Waals surface area contributed by atoms with Crippen LogP contribution in [0.4, 0.5) is 10.5 Å². The number of hydrogen-bond acceptors (Lipinski definition) is 6. The van der Waals surface area contributed by atoms with Crippen LogP contribution in [0, 0.1) is 0 Å². The van der Waals surface area contributed by atoms with Gasteiger partial charge in [0.2, 0.25) is 5.76 Å². The highest BCUT2D eigenvalue weighted by molar-refractivity contribution is 6.01. The fourth-order valence-electron chi connectivity index (χ4n) is 3.27. The average molecular weight is 455 g/mol. The lowest BCUT2D eigenvalue weighted by molar-refractivity contribution is -0.129. The fraction of sp³-hybridized carbons (Fsp3) is 0.360. The summed E-state index contributed by atoms with van der Waals surface area (Å²) in [4.78, 5) is 27.4. The van der Waals surface area contributed by atoms with Gasteiger partial charge in [-0.15, -0.1) is 0 Å². The van der Waals surface area contributed by atoms with E-state index in [9.17, 15) is 9.59 Å². The number of nitrogens with one attached hydrogen (secondary N) is 1. The van der Waals surface area contributed by atoms with Crippen molar-refractivity contribution in [3.63, 3.8) is 0 Å². The van der Waals surface area contributed by atoms with E-state index in [2.05, 4.69) is 5.32 Å². The molecule has 0 fully saturated rings. The van der Waals surface area contributed by atoms with Crippen LogP contribution in [0.15, 0.2) is 48.2 Å². The van der Waals surface area contributed by atoms with Crippen molar-refractivity contribution >= 4 is 23.4 Å². The maximum absolute atomic E-state index is 13.3. The zero-order valence-electron chi connectivity index (χ0n) is 19.9. The maximum atomic E-state index is 13.3. The molecule has 0 spiro atoms. The van der Waals surface area contributed by atoms with Crippen molar-refractivity contribution in [1.82, 2.24) is 4.90 Å². The van der Waals surface area contributed by atoms with Crippen LogP contribution in [0.1, 0.15) is 40.2 Å². The molecular weight excluding hydrogens is 424 g/mol. The fourth-order valence-corrected chi connectivity index (χ4v) is 3.27. The van der Waals surface area contributed by atoms with Gasteiger partial charge in [-0.05, 0) is 58.9 Å². The molecule has 8 heteroatoms. The van der Waals surface area contributed by atoms with Crippen molar-refractivity contribution in [3.05, 3.63) is 53.8 Å². The Hall–Kier alpha value is -3.68. The van der Waals surface area contributed by atoms with Crippen LogP contribution in [0.3, 0.4) is 0 Å². The van der Waals surface area contributed by atoms with Crippen LogP contribution in [0.2, 0.25) is 0 Å². The van der Waals surface area contributed by atoms with E-state index in [1.54, 1.807) is 75.2 Å². The maximum Gasteiger partial charge on any atom is 0.412 e. The molecule has 0 bridgehead atoms. The average Bonchev–Trinajstić information content (AvgIpc) is 2.77. The number of amides is 2. The molecule has 1 aliphatic rings. The molecule has 3 rings (SSSR count). The van der Waals surface area contributed by atoms with Gasteiger partial charge >= 0.3 is 6.09 Å². The van der Waals surface area contributed by atoms with Crippen LogP contribution in [-0.4, -0.2) is 42.7 Å². The molecule has 0 saturated carbocycles. The van der Waals surface area contributed by atoms with Crippen molar-refractivity contribution in [2.75, 3.05) is 25.5 Å². The number of ether oxygens (including phenoxy) is 4. The predicted octanol–water partition coefficient (Wildman–Crippen LogP) is 5.05. The number of carbonyl (C=O) groups excluding carboxylic acids is 2. The second-order valence-corrected chi connectivity index (χ2v) is 8.32. The Kier molecular flexibility index (Phi) is 7.16. The van der Waals surface area contributed by atoms with E-state index in [-0.39, 0.29) is 17.4 Å². The Balaban J connectivity index is 2.09. The first kappa shape index (κ1) is 24.0. The zero-order chi connectivity index (χ0) is 24.2. The van der Waals surface area contributed by atoms with E-state index in [1.165, 1.54) is 0 Å². The van der Waals surface area contributed by atoms with Gasteiger partial charge in [-0.25, -0.2) is 4.79 Å². The topological polar surface area (TPSA) is 86.3 Å². The Morgan fingerprint density at radius 3 is 2.33 bits per heavy atom. The van der Waals surface area contributed by atoms with E-state index in [0.717, 1.165) is 0 Å². The van der Waals surface area contributed by atoms with E-state index < -0.39 is 11.7 Å². The van der Waals surface area contributed by atoms with Crippen LogP contribution in [-0.2, 0) is 9.53 Å². The molecule has 0 unspecified atom stereocenters. The number of methoxy groups -OCH3 is 1. The van der Waals surface area contributed by atoms with Crippen molar-refractivity contribution in [2.24, 2.45) is 0 Å². The number of carbonyl (C=O) groups is 2. The first-order chi connectivity index (χ1) is 15.7. The van der Waals surface area contributed by atoms with Crippen LogP contribution < -0.4 is 19.5 Å². The number of anilines is 1. The molecule has 1 heterocycles. The van der Waals surface area contributed by atoms with Gasteiger partial charge in [-0.3, -0.25) is 10.1 Å². The number of benzene rings is 2. The van der Waals surface area contributed by atoms with Gasteiger partial charge < -0.3 is 23.8 Å². The minimum absolute atomic E-state index is 0.0369. The summed E-state index contributed by atoms with van der Waals surface area (Å²) >= 11 is 0. The lowest BCUT2D eigenvalue weighted by atomic mass is 10.1. The van der Waals surface area contributed by atoms with Gasteiger partial charge in [0.25, 0.3) is 5.91 Å². The molecule has 1 aliphatic heterocycles. The molecule has 0 saturated heterocycles. The highest BCUT2D eigenvalue weighted by Gasteiger charge is 2.32. The molecule has 0 aromatic heterocycles. The quantitative estimate of drug-likeness (QED) is 0.657. The standard InChI is InChI=1S/C25H30N2O6/c1-7-27(8-2)23(28)22-21(32-20-15-16(30-6)13-14-19(20)31-22)17-11-9-10-12-18(17)26-24(29)33-25(3,4)5/h9-15H,7-8H2,1-6H3,(H,26,29). The number of fused-ring (bicyclic) bond motifs is 1. The van der Waals surface area contributed by atoms with E-state index in [0.29, 0.717) is 41.6 Å². The highest BCUT2D eigenvalue weighted by atomic mass is 16.6. The summed E-state index contributed by atoms with van der Waals surface area (Å²) in [6.45, 7) is 10.1. The largest absolute Gasteiger partial charge is 0.497 e. The molecule has 33 heavy (non-hydrogen) atoms. The van der Waals surface area contributed by atoms with Gasteiger partial charge in [0.05, 0.1) is 12.8 Å². The number of hydrogen-bond donors (Lipinski definition) is 1. The number of nitrogens with zero attached hydrogens (tertiary/aromatic N) is 1. The first-order valence-electron chi connectivity index (χ1n) is 10.8. The third-order valence-corrected chi connectivity index (χ3v) is 4.83. The smallest absolute Gasteiger partial charge is 0.412 e. The van der Waals surface area contributed by atoms with Crippen LogP contribution >= 0.6 is 0 Å². The molecule has 2 amide bonds. The summed E-state index contributed by atoms with van der Waals surface area (Å²) in [6.07, 6.45) is -0.619. The lowest BCUT2D eigenvalue weighted by Gasteiger charge is -2.28. The molecule has 2 aromatic rings. The van der Waals surface area contributed by atoms with Gasteiger partial charge in [0.15, 0.2) is 17.3 Å². The lowest BCUT2D eigenvalue weighted by Crippen LogP contribution is -2.35. The van der Waals surface area contributed by atoms with E-state index >= 15 is 0 Å². The summed E-state index contributed by atoms with van der Waals surface area (Å²) in [5.41, 5.74) is 0.233. The summed E-state index contributed by atoms with van der Waals surface area (Å²) in [5.74, 6) is 1.29. The minimum Gasteiger partial charge on any atom is -0.497 e. The zero-order valence-corrected chi connectivity index (χ0v) is 19.9. The highest BCUT2D eigenvalue weighted by Crippen LogP contribution is 2.42. The van der Waals surface area contributed by atoms with Gasteiger partial charge in [-0.2, -0.15) is 0 Å². The Labute approximate surface area is 194 Å². The third kappa shape index (κ3) is 5.58. The molecule has 0 radical (unpaired) electrons. The predicted molar refractivity (Wildman–Crippen MR) is 125 cm³/mol. The van der Waals surface area contributed by atoms with Gasteiger partial charge in [-0.1, -0.05) is 12.1 Å². The molecule has 0 aliphatic carbocycles. The SMILES string of the molecule is CCN(CC)C(=O)C1=C(c2ccccc2NC(=O)OC(C)(C)C)Oc2cc(OC)ccc2O1. The van der Waals surface area contributed by atoms with E-state index in [1.807, 2.05) is 13.8 Å². The first-order valence-corrected chi connectivity index (χ1v) is 10.8. The number of para-hydroxylation sites is 1. The second kappa shape index (κ2) is 9.85. The second-order valence-electron chi connectivity index (χ2n) is 8.32. The number of likely N-dealkylation sites (N-methyl/N-ethyl adjacent to an activating group) is 1. The minimum atomic E-state index is -0.665. The van der Waals surface area contributed by atoms with Crippen molar-refractivity contribution < 1.29 is 28.5 Å². The Morgan fingerprint density at radius 2 is 1.70 bits per heavy atom. The van der Waals surface area contributed by atoms with Crippen LogP contribution in [0.25, 0.3) is 5.76 Å². The molecule has 176 valence electrons.